The number of aromatic nitrogens is 2. The molecule has 0 radical (unpaired) electrons. The van der Waals surface area contributed by atoms with Crippen LogP contribution in [0, 0.1) is 0 Å². The van der Waals surface area contributed by atoms with Gasteiger partial charge in [-0.1, -0.05) is 0 Å². The van der Waals surface area contributed by atoms with Gasteiger partial charge in [0.25, 0.3) is 5.91 Å². The molecule has 17 heavy (non-hydrogen) atoms. The summed E-state index contributed by atoms with van der Waals surface area (Å²) in [4.78, 5) is 30.0. The molecule has 1 aromatic heterocycles. The molecule has 2 heterocycles. The largest absolute Gasteiger partial charge is 0.334 e. The highest BCUT2D eigenvalue weighted by atomic mass is 16.2. The van der Waals surface area contributed by atoms with E-state index in [9.17, 15) is 9.59 Å². The van der Waals surface area contributed by atoms with E-state index in [-0.39, 0.29) is 17.6 Å². The molecule has 0 aromatic carbocycles. The number of rotatable bonds is 3. The van der Waals surface area contributed by atoms with E-state index in [0.717, 1.165) is 32.2 Å². The molecular formula is C11H18N4O2. The molecule has 6 heteroatoms. The van der Waals surface area contributed by atoms with E-state index in [4.69, 9.17) is 5.73 Å². The molecule has 2 rings (SSSR count). The van der Waals surface area contributed by atoms with Crippen LogP contribution in [0.4, 0.5) is 0 Å². The monoisotopic (exact) mass is 238 g/mol. The molecule has 4 N–H and O–H groups in total. The molecular weight excluding hydrogens is 220 g/mol. The first-order valence-electron chi connectivity index (χ1n) is 6.01. The Hall–Kier alpha value is -1.56. The third-order valence-corrected chi connectivity index (χ3v) is 3.21. The van der Waals surface area contributed by atoms with Crippen LogP contribution < -0.4 is 11.4 Å². The first kappa shape index (κ1) is 11.9. The Morgan fingerprint density at radius 2 is 2.35 bits per heavy atom. The van der Waals surface area contributed by atoms with Crippen molar-refractivity contribution in [1.82, 2.24) is 14.9 Å². The maximum Gasteiger partial charge on any atom is 0.323 e. The van der Waals surface area contributed by atoms with Crippen LogP contribution in [0.25, 0.3) is 0 Å². The van der Waals surface area contributed by atoms with Gasteiger partial charge in [-0.05, 0) is 32.2 Å². The highest BCUT2D eigenvalue weighted by molar-refractivity contribution is 5.92. The summed E-state index contributed by atoms with van der Waals surface area (Å²) in [6.07, 6.45) is 5.40. The van der Waals surface area contributed by atoms with Crippen molar-refractivity contribution in [2.45, 2.75) is 31.7 Å². The average Bonchev–Trinajstić information content (AvgIpc) is 2.76. The van der Waals surface area contributed by atoms with Crippen LogP contribution in [0.3, 0.4) is 0 Å². The van der Waals surface area contributed by atoms with Crippen molar-refractivity contribution in [3.63, 3.8) is 0 Å². The molecule has 1 aromatic rings. The number of likely N-dealkylation sites (tertiary alicyclic amines) is 1. The fraction of sp³-hybridized carbons (Fsp3) is 0.636. The molecule has 0 spiro atoms. The Kier molecular flexibility index (Phi) is 3.63. The lowest BCUT2D eigenvalue weighted by Gasteiger charge is -2.35. The Morgan fingerprint density at radius 3 is 3.00 bits per heavy atom. The fourth-order valence-corrected chi connectivity index (χ4v) is 2.36. The van der Waals surface area contributed by atoms with E-state index >= 15 is 0 Å². The molecule has 1 saturated heterocycles. The molecule has 1 fully saturated rings. The van der Waals surface area contributed by atoms with E-state index in [1.54, 1.807) is 0 Å². The quantitative estimate of drug-likeness (QED) is 0.694. The number of carbonyl (C=O) groups is 1. The number of nitrogens with two attached hydrogens (primary N) is 1. The predicted molar refractivity (Wildman–Crippen MR) is 63.8 cm³/mol. The van der Waals surface area contributed by atoms with Crippen LogP contribution in [0.15, 0.2) is 11.0 Å². The third-order valence-electron chi connectivity index (χ3n) is 3.21. The highest BCUT2D eigenvalue weighted by Gasteiger charge is 2.27. The minimum absolute atomic E-state index is 0.110. The number of piperidine rings is 1. The van der Waals surface area contributed by atoms with Gasteiger partial charge in [0.2, 0.25) is 0 Å². The van der Waals surface area contributed by atoms with Crippen molar-refractivity contribution in [1.29, 1.82) is 0 Å². The van der Waals surface area contributed by atoms with Gasteiger partial charge in [0.05, 0.1) is 0 Å². The minimum atomic E-state index is -0.347. The summed E-state index contributed by atoms with van der Waals surface area (Å²) in [6, 6.07) is 0.208. The van der Waals surface area contributed by atoms with Gasteiger partial charge in [0.1, 0.15) is 5.69 Å². The topological polar surface area (TPSA) is 95.0 Å². The summed E-state index contributed by atoms with van der Waals surface area (Å²) in [7, 11) is 0. The average molecular weight is 238 g/mol. The van der Waals surface area contributed by atoms with E-state index in [2.05, 4.69) is 9.97 Å². The number of H-pyrrole nitrogens is 2. The smallest absolute Gasteiger partial charge is 0.323 e. The number of carbonyl (C=O) groups excluding carboxylic acids is 1. The van der Waals surface area contributed by atoms with Gasteiger partial charge in [0, 0.05) is 18.8 Å². The Morgan fingerprint density at radius 1 is 1.53 bits per heavy atom. The fourth-order valence-electron chi connectivity index (χ4n) is 2.36. The number of aromatic amines is 2. The number of nitrogens with one attached hydrogen (secondary N) is 2. The van der Waals surface area contributed by atoms with Gasteiger partial charge >= 0.3 is 5.69 Å². The molecule has 6 nitrogen and oxygen atoms in total. The zero-order valence-electron chi connectivity index (χ0n) is 9.74. The number of amides is 1. The normalized spacial score (nSPS) is 20.5. The van der Waals surface area contributed by atoms with Gasteiger partial charge in [0.15, 0.2) is 0 Å². The maximum absolute atomic E-state index is 12.2. The molecule has 94 valence electrons. The molecule has 0 aliphatic carbocycles. The second-order valence-corrected chi connectivity index (χ2v) is 4.38. The lowest BCUT2D eigenvalue weighted by molar-refractivity contribution is 0.0599. The lowest BCUT2D eigenvalue weighted by atomic mass is 9.99. The summed E-state index contributed by atoms with van der Waals surface area (Å²) < 4.78 is 0. The van der Waals surface area contributed by atoms with Gasteiger partial charge in [-0.15, -0.1) is 0 Å². The first-order chi connectivity index (χ1) is 8.22. The summed E-state index contributed by atoms with van der Waals surface area (Å²) in [5.41, 5.74) is 5.55. The van der Waals surface area contributed by atoms with Crippen LogP contribution in [0.1, 0.15) is 36.2 Å². The van der Waals surface area contributed by atoms with Crippen molar-refractivity contribution in [3.8, 4) is 0 Å². The van der Waals surface area contributed by atoms with Gasteiger partial charge in [-0.25, -0.2) is 4.79 Å². The van der Waals surface area contributed by atoms with Crippen molar-refractivity contribution < 1.29 is 4.79 Å². The standard InChI is InChI=1S/C11H18N4O2/c12-5-4-8-3-1-2-6-15(8)10(16)9-7-13-11(17)14-9/h7-8H,1-6,12H2,(H2,13,14,17). The van der Waals surface area contributed by atoms with Crippen molar-refractivity contribution in [2.24, 2.45) is 5.73 Å². The Bertz CT molecular complexity index is 435. The number of nitrogens with zero attached hydrogens (tertiary/aromatic N) is 1. The van der Waals surface area contributed by atoms with Gasteiger partial charge in [-0.3, -0.25) is 4.79 Å². The lowest BCUT2D eigenvalue weighted by Crippen LogP contribution is -2.44. The maximum atomic E-state index is 12.2. The number of hydrogen-bond donors (Lipinski definition) is 3. The van der Waals surface area contributed by atoms with Crippen LogP contribution in [0.2, 0.25) is 0 Å². The van der Waals surface area contributed by atoms with Gasteiger partial charge < -0.3 is 20.6 Å². The van der Waals surface area contributed by atoms with Crippen molar-refractivity contribution in [3.05, 3.63) is 22.4 Å². The summed E-state index contributed by atoms with van der Waals surface area (Å²) in [5.74, 6) is -0.110. The first-order valence-corrected chi connectivity index (χ1v) is 6.01. The third kappa shape index (κ3) is 2.58. The molecule has 0 bridgehead atoms. The molecule has 1 amide bonds. The summed E-state index contributed by atoms with van der Waals surface area (Å²) >= 11 is 0. The summed E-state index contributed by atoms with van der Waals surface area (Å²) in [6.45, 7) is 1.33. The van der Waals surface area contributed by atoms with E-state index in [1.807, 2.05) is 4.90 Å². The van der Waals surface area contributed by atoms with Crippen LogP contribution in [-0.2, 0) is 0 Å². The zero-order valence-corrected chi connectivity index (χ0v) is 9.74. The summed E-state index contributed by atoms with van der Waals surface area (Å²) in [5, 5.41) is 0. The second-order valence-electron chi connectivity index (χ2n) is 4.38. The SMILES string of the molecule is NCCC1CCCCN1C(=O)c1c[nH]c(=O)[nH]1. The van der Waals surface area contributed by atoms with Crippen molar-refractivity contribution in [2.75, 3.05) is 13.1 Å². The second kappa shape index (κ2) is 5.18. The molecule has 0 saturated carbocycles. The molecule has 1 unspecified atom stereocenters. The highest BCUT2D eigenvalue weighted by Crippen LogP contribution is 2.20. The molecule has 1 aliphatic heterocycles. The van der Waals surface area contributed by atoms with Crippen LogP contribution >= 0.6 is 0 Å². The zero-order chi connectivity index (χ0) is 12.3. The molecule has 1 atom stereocenters. The molecule has 1 aliphatic rings. The van der Waals surface area contributed by atoms with Crippen LogP contribution in [-0.4, -0.2) is 39.9 Å². The van der Waals surface area contributed by atoms with E-state index in [0.29, 0.717) is 12.2 Å². The minimum Gasteiger partial charge on any atom is -0.334 e. The van der Waals surface area contributed by atoms with E-state index < -0.39 is 0 Å². The van der Waals surface area contributed by atoms with E-state index in [1.165, 1.54) is 6.20 Å². The number of hydrogen-bond acceptors (Lipinski definition) is 3. The van der Waals surface area contributed by atoms with Crippen LogP contribution in [0.5, 0.6) is 0 Å². The van der Waals surface area contributed by atoms with Gasteiger partial charge in [-0.2, -0.15) is 0 Å². The Labute approximate surface area is 99.2 Å². The van der Waals surface area contributed by atoms with Crippen molar-refractivity contribution >= 4 is 5.91 Å². The number of imidazole rings is 1. The predicted octanol–water partition coefficient (Wildman–Crippen LogP) is 0.0465. The Balaban J connectivity index is 2.13.